The van der Waals surface area contributed by atoms with Gasteiger partial charge in [0.1, 0.15) is 0 Å². The molecule has 0 bridgehead atoms. The third kappa shape index (κ3) is 3.93. The first-order valence-corrected chi connectivity index (χ1v) is 6.19. The molecule has 3 heteroatoms. The second kappa shape index (κ2) is 6.50. The number of rotatable bonds is 6. The van der Waals surface area contributed by atoms with E-state index in [0.717, 1.165) is 6.42 Å². The third-order valence-electron chi connectivity index (χ3n) is 2.86. The molecule has 1 aromatic rings. The first kappa shape index (κ1) is 13.8. The van der Waals surface area contributed by atoms with Gasteiger partial charge in [0.05, 0.1) is 0 Å². The third-order valence-corrected chi connectivity index (χ3v) is 2.86. The number of hydrogen-bond donors (Lipinski definition) is 1. The fourth-order valence-corrected chi connectivity index (χ4v) is 1.61. The predicted octanol–water partition coefficient (Wildman–Crippen LogP) is 3.67. The van der Waals surface area contributed by atoms with Gasteiger partial charge in [-0.25, -0.2) is 0 Å². The summed E-state index contributed by atoms with van der Waals surface area (Å²) in [6.45, 7) is 8.62. The second-order valence-corrected chi connectivity index (χ2v) is 4.18. The first-order valence-electron chi connectivity index (χ1n) is 6.19. The van der Waals surface area contributed by atoms with Gasteiger partial charge in [-0.15, -0.1) is 0 Å². The summed E-state index contributed by atoms with van der Waals surface area (Å²) in [6.07, 6.45) is 0.712. The van der Waals surface area contributed by atoms with Crippen molar-refractivity contribution in [2.75, 3.05) is 6.61 Å². The smallest absolute Gasteiger partial charge is 0.197 e. The van der Waals surface area contributed by atoms with Gasteiger partial charge in [0.2, 0.25) is 0 Å². The lowest BCUT2D eigenvalue weighted by Crippen LogP contribution is -2.16. The van der Waals surface area contributed by atoms with Gasteiger partial charge >= 0.3 is 0 Å². The van der Waals surface area contributed by atoms with E-state index < -0.39 is 0 Å². The molecule has 1 N–H and O–H groups in total. The summed E-state index contributed by atoms with van der Waals surface area (Å²) in [5.41, 5.74) is 1.17. The number of hydrogen-bond acceptors (Lipinski definition) is 3. The monoisotopic (exact) mass is 238 g/mol. The molecule has 0 radical (unpaired) electrons. The van der Waals surface area contributed by atoms with E-state index in [2.05, 4.69) is 13.8 Å². The molecule has 17 heavy (non-hydrogen) atoms. The van der Waals surface area contributed by atoms with Crippen LogP contribution in [0.15, 0.2) is 18.2 Å². The van der Waals surface area contributed by atoms with Gasteiger partial charge in [0, 0.05) is 6.61 Å². The van der Waals surface area contributed by atoms with Gasteiger partial charge in [0.15, 0.2) is 17.8 Å². The van der Waals surface area contributed by atoms with Crippen LogP contribution in [-0.2, 0) is 4.74 Å². The molecule has 0 saturated carbocycles. The molecule has 2 unspecified atom stereocenters. The van der Waals surface area contributed by atoms with Crippen LogP contribution in [0.2, 0.25) is 0 Å². The van der Waals surface area contributed by atoms with Crippen LogP contribution in [-0.4, -0.2) is 18.0 Å². The highest BCUT2D eigenvalue weighted by molar-refractivity contribution is 5.42. The average molecular weight is 238 g/mol. The van der Waals surface area contributed by atoms with Crippen molar-refractivity contribution < 1.29 is 14.6 Å². The van der Waals surface area contributed by atoms with Gasteiger partial charge in [0.25, 0.3) is 0 Å². The Hall–Kier alpha value is -1.22. The van der Waals surface area contributed by atoms with E-state index in [1.807, 2.05) is 26.0 Å². The quantitative estimate of drug-likeness (QED) is 0.768. The van der Waals surface area contributed by atoms with Crippen LogP contribution in [0.5, 0.6) is 11.5 Å². The van der Waals surface area contributed by atoms with Crippen molar-refractivity contribution in [3.8, 4) is 11.5 Å². The van der Waals surface area contributed by atoms with Gasteiger partial charge in [-0.05, 0) is 43.9 Å². The molecule has 2 atom stereocenters. The molecule has 0 aliphatic rings. The molecule has 0 spiro atoms. The molecule has 0 aliphatic heterocycles. The summed E-state index contributed by atoms with van der Waals surface area (Å²) < 4.78 is 10.8. The highest BCUT2D eigenvalue weighted by Crippen LogP contribution is 2.31. The van der Waals surface area contributed by atoms with Gasteiger partial charge in [-0.3, -0.25) is 0 Å². The molecule has 3 nitrogen and oxygen atoms in total. The Morgan fingerprint density at radius 1 is 1.24 bits per heavy atom. The minimum absolute atomic E-state index is 0.156. The van der Waals surface area contributed by atoms with Crippen molar-refractivity contribution >= 4 is 0 Å². The second-order valence-electron chi connectivity index (χ2n) is 4.18. The number of aromatic hydroxyl groups is 1. The lowest BCUT2D eigenvalue weighted by Gasteiger charge is -2.17. The van der Waals surface area contributed by atoms with Crippen molar-refractivity contribution in [1.29, 1.82) is 0 Å². The fraction of sp³-hybridized carbons (Fsp3) is 0.571. The Balaban J connectivity index is 2.83. The highest BCUT2D eigenvalue weighted by Gasteiger charge is 2.11. The SMILES string of the molecule is CCOC(C)Oc1cc(C(C)CC)ccc1O. The van der Waals surface area contributed by atoms with E-state index in [0.29, 0.717) is 18.3 Å². The lowest BCUT2D eigenvalue weighted by atomic mass is 9.98. The summed E-state index contributed by atoms with van der Waals surface area (Å²) in [7, 11) is 0. The maximum atomic E-state index is 9.73. The molecular weight excluding hydrogens is 216 g/mol. The van der Waals surface area contributed by atoms with Crippen LogP contribution in [0.4, 0.5) is 0 Å². The van der Waals surface area contributed by atoms with Crippen LogP contribution >= 0.6 is 0 Å². The summed E-state index contributed by atoms with van der Waals surface area (Å²) in [5.74, 6) is 1.10. The van der Waals surface area contributed by atoms with Crippen molar-refractivity contribution in [2.24, 2.45) is 0 Å². The molecule has 0 aromatic heterocycles. The molecule has 0 aliphatic carbocycles. The summed E-state index contributed by atoms with van der Waals surface area (Å²) in [5, 5.41) is 9.73. The topological polar surface area (TPSA) is 38.7 Å². The number of benzene rings is 1. The van der Waals surface area contributed by atoms with Crippen LogP contribution in [0.25, 0.3) is 0 Å². The van der Waals surface area contributed by atoms with Crippen molar-refractivity contribution in [3.63, 3.8) is 0 Å². The van der Waals surface area contributed by atoms with Crippen LogP contribution < -0.4 is 4.74 Å². The van der Waals surface area contributed by atoms with E-state index in [1.165, 1.54) is 5.56 Å². The molecule has 1 rings (SSSR count). The van der Waals surface area contributed by atoms with E-state index in [-0.39, 0.29) is 12.0 Å². The van der Waals surface area contributed by atoms with E-state index >= 15 is 0 Å². The lowest BCUT2D eigenvalue weighted by molar-refractivity contribution is -0.0624. The Labute approximate surface area is 103 Å². The van der Waals surface area contributed by atoms with Gasteiger partial charge < -0.3 is 14.6 Å². The predicted molar refractivity (Wildman–Crippen MR) is 68.5 cm³/mol. The van der Waals surface area contributed by atoms with Crippen LogP contribution in [0.3, 0.4) is 0 Å². The zero-order chi connectivity index (χ0) is 12.8. The van der Waals surface area contributed by atoms with Crippen molar-refractivity contribution in [2.45, 2.75) is 46.3 Å². The zero-order valence-corrected chi connectivity index (χ0v) is 11.1. The maximum absolute atomic E-state index is 9.73. The van der Waals surface area contributed by atoms with Crippen molar-refractivity contribution in [3.05, 3.63) is 23.8 Å². The molecule has 96 valence electrons. The first-order chi connectivity index (χ1) is 8.08. The number of ether oxygens (including phenoxy) is 2. The number of phenols is 1. The fourth-order valence-electron chi connectivity index (χ4n) is 1.61. The molecule has 0 heterocycles. The average Bonchev–Trinajstić information content (AvgIpc) is 2.31. The largest absolute Gasteiger partial charge is 0.504 e. The zero-order valence-electron chi connectivity index (χ0n) is 11.1. The van der Waals surface area contributed by atoms with Crippen LogP contribution in [0, 0.1) is 0 Å². The van der Waals surface area contributed by atoms with E-state index in [1.54, 1.807) is 6.07 Å². The Morgan fingerprint density at radius 3 is 2.53 bits per heavy atom. The Bertz CT molecular complexity index is 349. The highest BCUT2D eigenvalue weighted by atomic mass is 16.7. The summed E-state index contributed by atoms with van der Waals surface area (Å²) in [4.78, 5) is 0. The van der Waals surface area contributed by atoms with Gasteiger partial charge in [-0.2, -0.15) is 0 Å². The molecule has 1 aromatic carbocycles. The summed E-state index contributed by atoms with van der Waals surface area (Å²) in [6, 6.07) is 5.50. The standard InChI is InChI=1S/C14H22O3/c1-5-10(3)12-7-8-13(15)14(9-12)17-11(4)16-6-2/h7-11,15H,5-6H2,1-4H3. The molecule has 0 fully saturated rings. The maximum Gasteiger partial charge on any atom is 0.197 e. The molecule has 0 amide bonds. The minimum atomic E-state index is -0.349. The number of phenolic OH excluding ortho intramolecular Hbond substituents is 1. The summed E-state index contributed by atoms with van der Waals surface area (Å²) >= 11 is 0. The van der Waals surface area contributed by atoms with E-state index in [9.17, 15) is 5.11 Å². The minimum Gasteiger partial charge on any atom is -0.504 e. The normalized spacial score (nSPS) is 14.4. The van der Waals surface area contributed by atoms with Gasteiger partial charge in [-0.1, -0.05) is 19.9 Å². The van der Waals surface area contributed by atoms with E-state index in [4.69, 9.17) is 9.47 Å². The molecular formula is C14H22O3. The Morgan fingerprint density at radius 2 is 1.94 bits per heavy atom. The Kier molecular flexibility index (Phi) is 5.29. The van der Waals surface area contributed by atoms with Crippen LogP contribution in [0.1, 0.15) is 45.6 Å². The molecule has 0 saturated heterocycles. The van der Waals surface area contributed by atoms with Crippen molar-refractivity contribution in [1.82, 2.24) is 0 Å².